The minimum Gasteiger partial charge on any atom is -0.481 e. The summed E-state index contributed by atoms with van der Waals surface area (Å²) < 4.78 is 5.00. The normalized spacial score (nSPS) is 13.6. The zero-order valence-corrected chi connectivity index (χ0v) is 22.4. The van der Waals surface area contributed by atoms with Crippen molar-refractivity contribution in [1.82, 2.24) is 25.1 Å². The summed E-state index contributed by atoms with van der Waals surface area (Å²) in [6.45, 7) is 2.96. The number of anilines is 1. The molecule has 2 heterocycles. The second-order valence-corrected chi connectivity index (χ2v) is 8.45. The van der Waals surface area contributed by atoms with E-state index in [9.17, 15) is 24.3 Å². The van der Waals surface area contributed by atoms with Gasteiger partial charge in [-0.2, -0.15) is 0 Å². The Morgan fingerprint density at radius 2 is 1.72 bits per heavy atom. The lowest BCUT2D eigenvalue weighted by Gasteiger charge is -2.35. The van der Waals surface area contributed by atoms with Crippen LogP contribution in [0.15, 0.2) is 36.4 Å². The zero-order chi connectivity index (χ0) is 27.5. The van der Waals surface area contributed by atoms with Crippen molar-refractivity contribution in [3.63, 3.8) is 0 Å². The lowest BCUT2D eigenvalue weighted by Crippen LogP contribution is -2.56. The topological polar surface area (TPSA) is 174 Å². The molecule has 1 aromatic heterocycles. The summed E-state index contributed by atoms with van der Waals surface area (Å²) in [6.07, 6.45) is -0.912. The predicted molar refractivity (Wildman–Crippen MR) is 144 cm³/mol. The summed E-state index contributed by atoms with van der Waals surface area (Å²) in [5.74, 6) is -1.65. The van der Waals surface area contributed by atoms with Gasteiger partial charge in [0.15, 0.2) is 5.82 Å². The van der Waals surface area contributed by atoms with Gasteiger partial charge in [0.05, 0.1) is 13.2 Å². The number of ether oxygens (including phenoxy) is 1. The third kappa shape index (κ3) is 9.07. The summed E-state index contributed by atoms with van der Waals surface area (Å²) in [6, 6.07) is 9.27. The van der Waals surface area contributed by atoms with Gasteiger partial charge < -0.3 is 35.4 Å². The van der Waals surface area contributed by atoms with Gasteiger partial charge in [0.2, 0.25) is 5.91 Å². The van der Waals surface area contributed by atoms with Crippen molar-refractivity contribution in [2.75, 3.05) is 51.3 Å². The monoisotopic (exact) mass is 564 g/mol. The number of amides is 3. The van der Waals surface area contributed by atoms with Gasteiger partial charge in [-0.05, 0) is 13.3 Å². The first-order chi connectivity index (χ1) is 18.3. The van der Waals surface area contributed by atoms with Crippen LogP contribution in [0.5, 0.6) is 0 Å². The van der Waals surface area contributed by atoms with Gasteiger partial charge in [-0.1, -0.05) is 30.3 Å². The minimum absolute atomic E-state index is 0. The van der Waals surface area contributed by atoms with Crippen LogP contribution in [0.4, 0.5) is 10.6 Å². The highest BCUT2D eigenvalue weighted by atomic mass is 35.5. The average Bonchev–Trinajstić information content (AvgIpc) is 2.94. The number of nitrogens with zero attached hydrogens (tertiary/aromatic N) is 4. The maximum Gasteiger partial charge on any atom is 0.409 e. The number of aliphatic hydroxyl groups excluding tert-OH is 1. The molecule has 3 rings (SSSR count). The number of aliphatic carboxylic acids is 1. The van der Waals surface area contributed by atoms with Crippen LogP contribution in [0.25, 0.3) is 11.4 Å². The number of carbonyl (C=O) groups excluding carboxylic acids is 3. The average molecular weight is 565 g/mol. The summed E-state index contributed by atoms with van der Waals surface area (Å²) >= 11 is 0. The number of aromatic nitrogens is 2. The summed E-state index contributed by atoms with van der Waals surface area (Å²) in [5.41, 5.74) is 0.631. The molecule has 0 spiro atoms. The van der Waals surface area contributed by atoms with Gasteiger partial charge in [0.1, 0.15) is 17.6 Å². The molecule has 1 atom stereocenters. The van der Waals surface area contributed by atoms with E-state index in [0.29, 0.717) is 11.4 Å². The lowest BCUT2D eigenvalue weighted by atomic mass is 10.1. The molecule has 14 heteroatoms. The number of rotatable bonds is 11. The Balaban J connectivity index is 0.00000533. The highest BCUT2D eigenvalue weighted by Gasteiger charge is 2.31. The molecule has 13 nitrogen and oxygen atoms in total. The number of aliphatic hydroxyl groups is 1. The van der Waals surface area contributed by atoms with Gasteiger partial charge in [-0.3, -0.25) is 14.4 Å². The Kier molecular flexibility index (Phi) is 12.4. The number of hydrogen-bond donors (Lipinski definition) is 4. The maximum absolute atomic E-state index is 13.3. The van der Waals surface area contributed by atoms with E-state index in [1.165, 1.54) is 15.9 Å². The number of piperazine rings is 1. The summed E-state index contributed by atoms with van der Waals surface area (Å²) in [5, 5.41) is 23.9. The first-order valence-electron chi connectivity index (χ1n) is 12.3. The van der Waals surface area contributed by atoms with E-state index in [0.717, 1.165) is 0 Å². The molecule has 0 aliphatic carbocycles. The van der Waals surface area contributed by atoms with E-state index in [-0.39, 0.29) is 82.7 Å². The SMILES string of the molecule is CCOC(=O)N1CCN(C(=O)C(CCC(=O)O)NC(=O)c2cc(NCCO)nc(-c3ccccc3)n2)CC1.Cl. The van der Waals surface area contributed by atoms with E-state index in [2.05, 4.69) is 20.6 Å². The molecule has 4 N–H and O–H groups in total. The molecule has 39 heavy (non-hydrogen) atoms. The van der Waals surface area contributed by atoms with Gasteiger partial charge in [0.25, 0.3) is 5.91 Å². The lowest BCUT2D eigenvalue weighted by molar-refractivity contribution is -0.138. The molecular weight excluding hydrogens is 532 g/mol. The number of nitrogens with one attached hydrogen (secondary N) is 2. The number of carbonyl (C=O) groups is 4. The van der Waals surface area contributed by atoms with Crippen molar-refractivity contribution in [3.05, 3.63) is 42.1 Å². The smallest absolute Gasteiger partial charge is 0.409 e. The first kappa shape index (κ1) is 31.2. The molecule has 0 radical (unpaired) electrons. The minimum atomic E-state index is -1.11. The van der Waals surface area contributed by atoms with E-state index in [1.54, 1.807) is 31.2 Å². The van der Waals surface area contributed by atoms with Gasteiger partial charge in [-0.25, -0.2) is 14.8 Å². The van der Waals surface area contributed by atoms with Crippen molar-refractivity contribution in [2.45, 2.75) is 25.8 Å². The Bertz CT molecular complexity index is 1130. The molecule has 1 fully saturated rings. The van der Waals surface area contributed by atoms with E-state index in [1.807, 2.05) is 6.07 Å². The maximum atomic E-state index is 13.3. The zero-order valence-electron chi connectivity index (χ0n) is 21.5. The molecule has 1 aromatic carbocycles. The second kappa shape index (κ2) is 15.4. The molecule has 0 bridgehead atoms. The standard InChI is InChI=1S/C25H32N6O7.ClH/c1-2-38-25(37)31-13-11-30(12-14-31)24(36)18(8-9-21(33)34)28-23(35)19-16-20(26-10-15-32)29-22(27-19)17-6-4-3-5-7-17;/h3-7,16,18,32H,2,8-15H2,1H3,(H,28,35)(H,33,34)(H,26,27,29);1H. The van der Waals surface area contributed by atoms with Crippen molar-refractivity contribution < 1.29 is 34.1 Å². The van der Waals surface area contributed by atoms with Crippen LogP contribution in [0.3, 0.4) is 0 Å². The quantitative estimate of drug-likeness (QED) is 0.311. The Hall–Kier alpha value is -3.97. The van der Waals surface area contributed by atoms with Crippen LogP contribution in [0, 0.1) is 0 Å². The van der Waals surface area contributed by atoms with Crippen molar-refractivity contribution in [2.24, 2.45) is 0 Å². The van der Waals surface area contributed by atoms with E-state index in [4.69, 9.17) is 9.84 Å². The largest absolute Gasteiger partial charge is 0.481 e. The molecule has 1 aliphatic rings. The third-order valence-corrected chi connectivity index (χ3v) is 5.78. The van der Waals surface area contributed by atoms with Crippen molar-refractivity contribution >= 4 is 42.1 Å². The van der Waals surface area contributed by atoms with Crippen LogP contribution in [0.1, 0.15) is 30.3 Å². The van der Waals surface area contributed by atoms with Crippen molar-refractivity contribution in [1.29, 1.82) is 0 Å². The fraction of sp³-hybridized carbons (Fsp3) is 0.440. The van der Waals surface area contributed by atoms with Gasteiger partial charge in [0, 0.05) is 50.8 Å². The van der Waals surface area contributed by atoms with Crippen molar-refractivity contribution in [3.8, 4) is 11.4 Å². The first-order valence-corrected chi connectivity index (χ1v) is 12.3. The highest BCUT2D eigenvalue weighted by Crippen LogP contribution is 2.18. The fourth-order valence-electron chi connectivity index (χ4n) is 3.86. The number of benzene rings is 1. The van der Waals surface area contributed by atoms with Crippen LogP contribution >= 0.6 is 12.4 Å². The molecule has 1 saturated heterocycles. The highest BCUT2D eigenvalue weighted by molar-refractivity contribution is 5.97. The number of carboxylic acid groups (broad SMARTS) is 1. The van der Waals surface area contributed by atoms with Gasteiger partial charge >= 0.3 is 12.1 Å². The summed E-state index contributed by atoms with van der Waals surface area (Å²) in [4.78, 5) is 61.5. The molecular formula is C25H33ClN6O7. The number of carboxylic acids is 1. The van der Waals surface area contributed by atoms with E-state index >= 15 is 0 Å². The van der Waals surface area contributed by atoms with Crippen LogP contribution < -0.4 is 10.6 Å². The molecule has 212 valence electrons. The Labute approximate surface area is 232 Å². The Morgan fingerprint density at radius 1 is 1.05 bits per heavy atom. The molecule has 3 amide bonds. The third-order valence-electron chi connectivity index (χ3n) is 5.78. The number of hydrogen-bond acceptors (Lipinski definition) is 9. The predicted octanol–water partition coefficient (Wildman–Crippen LogP) is 1.23. The van der Waals surface area contributed by atoms with Gasteiger partial charge in [-0.15, -0.1) is 12.4 Å². The molecule has 2 aromatic rings. The van der Waals surface area contributed by atoms with E-state index < -0.39 is 29.9 Å². The second-order valence-electron chi connectivity index (χ2n) is 8.45. The fourth-order valence-corrected chi connectivity index (χ4v) is 3.86. The number of halogens is 1. The van der Waals surface area contributed by atoms with Crippen LogP contribution in [0.2, 0.25) is 0 Å². The van der Waals surface area contributed by atoms with Crippen LogP contribution in [-0.4, -0.2) is 106 Å². The molecule has 0 saturated carbocycles. The molecule has 1 aliphatic heterocycles. The molecule has 1 unspecified atom stereocenters. The summed E-state index contributed by atoms with van der Waals surface area (Å²) in [7, 11) is 0. The Morgan fingerprint density at radius 3 is 2.33 bits per heavy atom. The van der Waals surface area contributed by atoms with Crippen LogP contribution in [-0.2, 0) is 14.3 Å².